The summed E-state index contributed by atoms with van der Waals surface area (Å²) in [5.74, 6) is -1.06. The zero-order valence-electron chi connectivity index (χ0n) is 27.1. The van der Waals surface area contributed by atoms with Crippen LogP contribution in [0.15, 0.2) is 36.5 Å². The van der Waals surface area contributed by atoms with Crippen LogP contribution in [-0.4, -0.2) is 65.7 Å². The summed E-state index contributed by atoms with van der Waals surface area (Å²) in [6.45, 7) is 1.97. The summed E-state index contributed by atoms with van der Waals surface area (Å²) < 4.78 is 32.2. The van der Waals surface area contributed by atoms with Crippen molar-refractivity contribution < 1.29 is 47.8 Å². The highest BCUT2D eigenvalue weighted by Crippen LogP contribution is 2.43. The summed E-state index contributed by atoms with van der Waals surface area (Å²) in [7, 11) is -4.63. The first-order valence-electron chi connectivity index (χ1n) is 16.4. The average Bonchev–Trinajstić information content (AvgIpc) is 3.01. The van der Waals surface area contributed by atoms with Crippen molar-refractivity contribution in [2.75, 3.05) is 26.4 Å². The van der Waals surface area contributed by atoms with Gasteiger partial charge in [0.15, 0.2) is 0 Å². The number of rotatable bonds is 30. The second-order valence-corrected chi connectivity index (χ2v) is 12.2. The monoisotopic (exact) mass is 646 g/mol. The van der Waals surface area contributed by atoms with Crippen molar-refractivity contribution >= 4 is 19.8 Å². The van der Waals surface area contributed by atoms with Gasteiger partial charge in [-0.2, -0.15) is 0 Å². The molecule has 0 aromatic heterocycles. The Kier molecular flexibility index (Phi) is 28.6. The number of hydrogen-bond acceptors (Lipinski definition) is 9. The molecule has 0 aliphatic carbocycles. The molecular weight excluding hydrogens is 587 g/mol. The van der Waals surface area contributed by atoms with Crippen LogP contribution in [0.2, 0.25) is 0 Å². The molecule has 3 atom stereocenters. The van der Waals surface area contributed by atoms with E-state index in [2.05, 4.69) is 50.3 Å². The average molecular weight is 647 g/mol. The first-order valence-corrected chi connectivity index (χ1v) is 17.9. The molecule has 3 unspecified atom stereocenters. The van der Waals surface area contributed by atoms with Crippen LogP contribution in [0.4, 0.5) is 0 Å². The Morgan fingerprint density at radius 2 is 1.07 bits per heavy atom. The zero-order chi connectivity index (χ0) is 32.7. The molecule has 0 spiro atoms. The second-order valence-electron chi connectivity index (χ2n) is 10.8. The second kappa shape index (κ2) is 29.9. The number of carbonyl (C=O) groups is 2. The van der Waals surface area contributed by atoms with Crippen LogP contribution in [0.25, 0.3) is 0 Å². The number of unbranched alkanes of at least 4 members (excludes halogenated alkanes) is 10. The van der Waals surface area contributed by atoms with Gasteiger partial charge in [-0.05, 0) is 44.9 Å². The quantitative estimate of drug-likeness (QED) is 0.0315. The van der Waals surface area contributed by atoms with Crippen LogP contribution < -0.4 is 0 Å². The lowest BCUT2D eigenvalue weighted by Gasteiger charge is -2.20. The van der Waals surface area contributed by atoms with Crippen molar-refractivity contribution in [3.8, 4) is 0 Å². The van der Waals surface area contributed by atoms with Crippen molar-refractivity contribution in [2.24, 2.45) is 0 Å². The summed E-state index contributed by atoms with van der Waals surface area (Å²) in [5.41, 5.74) is 0. The number of phosphoric ester groups is 1. The molecule has 0 heterocycles. The van der Waals surface area contributed by atoms with Gasteiger partial charge in [-0.3, -0.25) is 18.6 Å². The number of carbonyl (C=O) groups excluding carboxylic acids is 2. The Balaban J connectivity index is 4.10. The van der Waals surface area contributed by atoms with E-state index in [0.717, 1.165) is 57.8 Å². The molecule has 0 fully saturated rings. The van der Waals surface area contributed by atoms with Gasteiger partial charge < -0.3 is 24.6 Å². The van der Waals surface area contributed by atoms with Crippen LogP contribution in [0.1, 0.15) is 123 Å². The summed E-state index contributed by atoms with van der Waals surface area (Å²) in [5, 5.41) is 19.0. The van der Waals surface area contributed by atoms with Crippen molar-refractivity contribution in [1.82, 2.24) is 0 Å². The lowest BCUT2D eigenvalue weighted by molar-refractivity contribution is -0.153. The molecule has 0 aliphatic rings. The highest BCUT2D eigenvalue weighted by Gasteiger charge is 2.27. The van der Waals surface area contributed by atoms with Gasteiger partial charge in [0.25, 0.3) is 0 Å². The first kappa shape index (κ1) is 42.2. The van der Waals surface area contributed by atoms with Gasteiger partial charge >= 0.3 is 19.8 Å². The minimum atomic E-state index is -4.63. The summed E-state index contributed by atoms with van der Waals surface area (Å²) in [4.78, 5) is 34.1. The minimum absolute atomic E-state index is 0.157. The maximum Gasteiger partial charge on any atom is 0.472 e. The Hall–Kier alpha value is -1.81. The summed E-state index contributed by atoms with van der Waals surface area (Å²) in [6.07, 6.45) is 25.8. The maximum atomic E-state index is 12.2. The molecular formula is C33H59O10P. The van der Waals surface area contributed by atoms with Crippen LogP contribution >= 0.6 is 7.82 Å². The third kappa shape index (κ3) is 27.7. The molecule has 0 amide bonds. The van der Waals surface area contributed by atoms with Crippen molar-refractivity contribution in [3.63, 3.8) is 0 Å². The van der Waals surface area contributed by atoms with Crippen LogP contribution in [0, 0.1) is 0 Å². The van der Waals surface area contributed by atoms with Crippen LogP contribution in [0.5, 0.6) is 0 Å². The molecule has 10 nitrogen and oxygen atoms in total. The number of phosphoric acid groups is 1. The SMILES string of the molecule is CC/C=C\C/C=C\C/C=C\CCCCCC(=O)OC(CO)COP(=O)(O)OCC(CO)OC(=O)CCCCCCCCCC. The predicted octanol–water partition coefficient (Wildman–Crippen LogP) is 7.27. The molecule has 3 N–H and O–H groups in total. The summed E-state index contributed by atoms with van der Waals surface area (Å²) in [6, 6.07) is 0. The lowest BCUT2D eigenvalue weighted by atomic mass is 10.1. The molecule has 0 aliphatic heterocycles. The van der Waals surface area contributed by atoms with E-state index in [0.29, 0.717) is 12.8 Å². The van der Waals surface area contributed by atoms with Gasteiger partial charge in [-0.1, -0.05) is 102 Å². The largest absolute Gasteiger partial charge is 0.472 e. The number of allylic oxidation sites excluding steroid dienone is 6. The fourth-order valence-electron chi connectivity index (χ4n) is 4.07. The molecule has 0 saturated heterocycles. The number of aliphatic hydroxyl groups excluding tert-OH is 2. The van der Waals surface area contributed by atoms with Gasteiger partial charge in [0.05, 0.1) is 26.4 Å². The zero-order valence-corrected chi connectivity index (χ0v) is 28.0. The van der Waals surface area contributed by atoms with Gasteiger partial charge in [0.1, 0.15) is 12.2 Å². The van der Waals surface area contributed by atoms with E-state index < -0.39 is 58.4 Å². The fraction of sp³-hybridized carbons (Fsp3) is 0.758. The van der Waals surface area contributed by atoms with Crippen LogP contribution in [0.3, 0.4) is 0 Å². The maximum absolute atomic E-state index is 12.2. The molecule has 0 rings (SSSR count). The van der Waals surface area contributed by atoms with E-state index in [1.54, 1.807) is 0 Å². The highest BCUT2D eigenvalue weighted by molar-refractivity contribution is 7.47. The molecule has 44 heavy (non-hydrogen) atoms. The van der Waals surface area contributed by atoms with Gasteiger partial charge in [0.2, 0.25) is 0 Å². The first-order chi connectivity index (χ1) is 21.3. The normalized spacial score (nSPS) is 14.8. The highest BCUT2D eigenvalue weighted by atomic mass is 31.2. The Labute approximate surface area is 265 Å². The molecule has 0 radical (unpaired) electrons. The number of ether oxygens (including phenoxy) is 2. The third-order valence-corrected chi connectivity index (χ3v) is 7.57. The summed E-state index contributed by atoms with van der Waals surface area (Å²) >= 11 is 0. The number of hydrogen-bond donors (Lipinski definition) is 3. The van der Waals surface area contributed by atoms with Crippen LogP contribution in [-0.2, 0) is 32.7 Å². The Morgan fingerprint density at radius 3 is 1.55 bits per heavy atom. The number of esters is 2. The lowest BCUT2D eigenvalue weighted by Crippen LogP contribution is -2.28. The molecule has 0 aromatic rings. The Morgan fingerprint density at radius 1 is 0.636 bits per heavy atom. The minimum Gasteiger partial charge on any atom is -0.457 e. The van der Waals surface area contributed by atoms with E-state index in [1.165, 1.54) is 25.7 Å². The molecule has 0 bridgehead atoms. The van der Waals surface area contributed by atoms with Crippen molar-refractivity contribution in [1.29, 1.82) is 0 Å². The van der Waals surface area contributed by atoms with E-state index >= 15 is 0 Å². The Bertz CT molecular complexity index is 842. The molecule has 256 valence electrons. The van der Waals surface area contributed by atoms with Gasteiger partial charge in [0, 0.05) is 12.8 Å². The number of aliphatic hydroxyl groups is 2. The fourth-order valence-corrected chi connectivity index (χ4v) is 4.85. The smallest absolute Gasteiger partial charge is 0.457 e. The van der Waals surface area contributed by atoms with Gasteiger partial charge in [-0.15, -0.1) is 0 Å². The van der Waals surface area contributed by atoms with Crippen molar-refractivity contribution in [3.05, 3.63) is 36.5 Å². The van der Waals surface area contributed by atoms with E-state index in [1.807, 2.05) is 0 Å². The standard InChI is InChI=1S/C33H59O10P/c1-3-5-7-9-11-13-14-15-16-17-19-21-23-25-33(37)43-31(27-35)29-41-44(38,39)40-28-30(26-34)42-32(36)24-22-20-18-12-10-8-6-4-2/h5,7,11,13,15-16,30-31,34-35H,3-4,6,8-10,12,14,17-29H2,1-2H3,(H,38,39)/b7-5-,13-11-,16-15-. The van der Waals surface area contributed by atoms with E-state index in [4.69, 9.17) is 18.5 Å². The molecule has 0 aromatic carbocycles. The van der Waals surface area contributed by atoms with E-state index in [9.17, 15) is 29.3 Å². The van der Waals surface area contributed by atoms with Gasteiger partial charge in [-0.25, -0.2) is 4.57 Å². The molecule has 0 saturated carbocycles. The predicted molar refractivity (Wildman–Crippen MR) is 173 cm³/mol. The van der Waals surface area contributed by atoms with Crippen molar-refractivity contribution in [2.45, 2.75) is 135 Å². The topological polar surface area (TPSA) is 149 Å². The van der Waals surface area contributed by atoms with E-state index in [-0.39, 0.29) is 12.8 Å². The third-order valence-electron chi connectivity index (χ3n) is 6.62. The molecule has 11 heteroatoms.